The third kappa shape index (κ3) is 3.39. The van der Waals surface area contributed by atoms with Gasteiger partial charge in [-0.2, -0.15) is 5.10 Å². The quantitative estimate of drug-likeness (QED) is 0.650. The van der Waals surface area contributed by atoms with Crippen molar-refractivity contribution < 1.29 is 4.79 Å². The van der Waals surface area contributed by atoms with E-state index in [2.05, 4.69) is 29.9 Å². The number of hydrogen-bond acceptors (Lipinski definition) is 7. The Labute approximate surface area is 175 Å². The molecule has 9 heteroatoms. The van der Waals surface area contributed by atoms with Crippen LogP contribution in [0, 0.1) is 6.92 Å². The molecule has 2 saturated heterocycles. The van der Waals surface area contributed by atoms with E-state index < -0.39 is 0 Å². The van der Waals surface area contributed by atoms with Crippen molar-refractivity contribution in [1.82, 2.24) is 29.6 Å². The lowest BCUT2D eigenvalue weighted by Gasteiger charge is -2.42. The summed E-state index contributed by atoms with van der Waals surface area (Å²) in [5.74, 6) is 2.00. The Kier molecular flexibility index (Phi) is 4.82. The van der Waals surface area contributed by atoms with Crippen molar-refractivity contribution in [1.29, 1.82) is 0 Å². The van der Waals surface area contributed by atoms with Crippen LogP contribution in [0.25, 0.3) is 11.2 Å². The lowest BCUT2D eigenvalue weighted by atomic mass is 10.0. The minimum atomic E-state index is -0.0634. The molecule has 2 aliphatic heterocycles. The first-order chi connectivity index (χ1) is 14.6. The molecule has 9 nitrogen and oxygen atoms in total. The standard InChI is InChI=1S/C21H26N8O/c1-15-14-19(26(2)25-15)29-9-3-4-17(21(29)30)27-10-12-28(13-11-27)18-6-5-16-20(24-18)23-8-7-22-16/h5-8,14,17H,3-4,9-13H2,1-2H3/t17-/m1/s1. The van der Waals surface area contributed by atoms with Crippen LogP contribution < -0.4 is 9.80 Å². The summed E-state index contributed by atoms with van der Waals surface area (Å²) >= 11 is 0. The molecule has 2 aliphatic rings. The third-order valence-electron chi connectivity index (χ3n) is 6.06. The van der Waals surface area contributed by atoms with Crippen LogP contribution in [0.2, 0.25) is 0 Å². The number of pyridine rings is 1. The molecule has 30 heavy (non-hydrogen) atoms. The number of aromatic nitrogens is 5. The molecule has 156 valence electrons. The number of amides is 1. The van der Waals surface area contributed by atoms with Gasteiger partial charge in [-0.3, -0.25) is 24.3 Å². The van der Waals surface area contributed by atoms with Gasteiger partial charge in [0.25, 0.3) is 0 Å². The summed E-state index contributed by atoms with van der Waals surface area (Å²) in [5, 5.41) is 4.41. The van der Waals surface area contributed by atoms with Gasteiger partial charge in [0.15, 0.2) is 5.65 Å². The van der Waals surface area contributed by atoms with Gasteiger partial charge in [0.1, 0.15) is 17.2 Å². The highest BCUT2D eigenvalue weighted by Gasteiger charge is 2.36. The van der Waals surface area contributed by atoms with Gasteiger partial charge in [0.05, 0.1) is 11.7 Å². The number of carbonyl (C=O) groups is 1. The van der Waals surface area contributed by atoms with E-state index in [-0.39, 0.29) is 11.9 Å². The molecule has 0 saturated carbocycles. The highest BCUT2D eigenvalue weighted by molar-refractivity contribution is 5.97. The predicted octanol–water partition coefficient (Wildman–Crippen LogP) is 1.38. The van der Waals surface area contributed by atoms with E-state index in [4.69, 9.17) is 0 Å². The number of carbonyl (C=O) groups excluding carboxylic acids is 1. The maximum absolute atomic E-state index is 13.3. The van der Waals surface area contributed by atoms with Crippen molar-refractivity contribution in [3.05, 3.63) is 36.3 Å². The van der Waals surface area contributed by atoms with Crippen molar-refractivity contribution in [2.24, 2.45) is 7.05 Å². The Balaban J connectivity index is 1.27. The van der Waals surface area contributed by atoms with Gasteiger partial charge in [0, 0.05) is 58.2 Å². The fourth-order valence-electron chi connectivity index (χ4n) is 4.56. The van der Waals surface area contributed by atoms with Crippen molar-refractivity contribution in [3.63, 3.8) is 0 Å². The second kappa shape index (κ2) is 7.64. The summed E-state index contributed by atoms with van der Waals surface area (Å²) in [4.78, 5) is 33.1. The molecule has 0 N–H and O–H groups in total. The fourth-order valence-corrected chi connectivity index (χ4v) is 4.56. The maximum atomic E-state index is 13.3. The Bertz CT molecular complexity index is 1070. The molecule has 0 radical (unpaired) electrons. The monoisotopic (exact) mass is 406 g/mol. The molecule has 0 unspecified atom stereocenters. The van der Waals surface area contributed by atoms with Crippen molar-refractivity contribution in [3.8, 4) is 0 Å². The van der Waals surface area contributed by atoms with E-state index in [0.717, 1.165) is 68.4 Å². The van der Waals surface area contributed by atoms with E-state index in [9.17, 15) is 4.79 Å². The number of piperidine rings is 1. The van der Waals surface area contributed by atoms with Crippen LogP contribution in [0.5, 0.6) is 0 Å². The molecule has 2 fully saturated rings. The number of nitrogens with zero attached hydrogens (tertiary/aromatic N) is 8. The third-order valence-corrected chi connectivity index (χ3v) is 6.06. The average Bonchev–Trinajstić information content (AvgIpc) is 3.11. The lowest BCUT2D eigenvalue weighted by molar-refractivity contribution is -0.125. The highest BCUT2D eigenvalue weighted by atomic mass is 16.2. The first kappa shape index (κ1) is 18.9. The van der Waals surface area contributed by atoms with Crippen LogP contribution in [0.3, 0.4) is 0 Å². The van der Waals surface area contributed by atoms with E-state index in [1.54, 1.807) is 12.4 Å². The molecule has 0 bridgehead atoms. The Hall–Kier alpha value is -3.07. The van der Waals surface area contributed by atoms with Gasteiger partial charge in [-0.05, 0) is 31.9 Å². The summed E-state index contributed by atoms with van der Waals surface area (Å²) in [5.41, 5.74) is 2.41. The normalized spacial score (nSPS) is 20.9. The van der Waals surface area contributed by atoms with E-state index >= 15 is 0 Å². The highest BCUT2D eigenvalue weighted by Crippen LogP contribution is 2.26. The molecule has 0 aliphatic carbocycles. The SMILES string of the molecule is Cc1cc(N2CCC[C@@H](N3CCN(c4ccc5nccnc5n4)CC3)C2=O)n(C)n1. The van der Waals surface area contributed by atoms with E-state index in [1.807, 2.05) is 41.8 Å². The number of fused-ring (bicyclic) bond motifs is 1. The van der Waals surface area contributed by atoms with E-state index in [0.29, 0.717) is 5.65 Å². The van der Waals surface area contributed by atoms with Gasteiger partial charge in [-0.25, -0.2) is 9.97 Å². The molecule has 5 heterocycles. The summed E-state index contributed by atoms with van der Waals surface area (Å²) in [6.45, 7) is 6.09. The Morgan fingerprint density at radius 1 is 1.03 bits per heavy atom. The fraction of sp³-hybridized carbons (Fsp3) is 0.476. The zero-order chi connectivity index (χ0) is 20.7. The summed E-state index contributed by atoms with van der Waals surface area (Å²) in [6.07, 6.45) is 5.27. The molecular formula is C21H26N8O. The largest absolute Gasteiger partial charge is 0.354 e. The van der Waals surface area contributed by atoms with Crippen LogP contribution >= 0.6 is 0 Å². The minimum Gasteiger partial charge on any atom is -0.354 e. The van der Waals surface area contributed by atoms with Crippen LogP contribution in [0.4, 0.5) is 11.6 Å². The van der Waals surface area contributed by atoms with Crippen LogP contribution in [0.1, 0.15) is 18.5 Å². The number of anilines is 2. The Morgan fingerprint density at radius 2 is 1.83 bits per heavy atom. The molecule has 3 aromatic rings. The molecular weight excluding hydrogens is 380 g/mol. The topological polar surface area (TPSA) is 83.3 Å². The summed E-state index contributed by atoms with van der Waals surface area (Å²) < 4.78 is 1.81. The minimum absolute atomic E-state index is 0.0634. The lowest BCUT2D eigenvalue weighted by Crippen LogP contribution is -2.58. The molecule has 0 spiro atoms. The molecule has 5 rings (SSSR count). The number of aryl methyl sites for hydroxylation is 2. The van der Waals surface area contributed by atoms with Gasteiger partial charge in [0.2, 0.25) is 5.91 Å². The van der Waals surface area contributed by atoms with Gasteiger partial charge in [-0.15, -0.1) is 0 Å². The average molecular weight is 406 g/mol. The van der Waals surface area contributed by atoms with Gasteiger partial charge >= 0.3 is 0 Å². The molecule has 0 aromatic carbocycles. The number of piperazine rings is 1. The van der Waals surface area contributed by atoms with Crippen molar-refractivity contribution in [2.45, 2.75) is 25.8 Å². The predicted molar refractivity (Wildman–Crippen MR) is 114 cm³/mol. The Morgan fingerprint density at radius 3 is 2.60 bits per heavy atom. The van der Waals surface area contributed by atoms with Gasteiger partial charge in [-0.1, -0.05) is 0 Å². The maximum Gasteiger partial charge on any atom is 0.245 e. The zero-order valence-corrected chi connectivity index (χ0v) is 17.4. The van der Waals surface area contributed by atoms with Crippen LogP contribution in [0.15, 0.2) is 30.6 Å². The van der Waals surface area contributed by atoms with Crippen molar-refractivity contribution >= 4 is 28.7 Å². The second-order valence-corrected chi connectivity index (χ2v) is 8.01. The zero-order valence-electron chi connectivity index (χ0n) is 17.4. The van der Waals surface area contributed by atoms with Crippen LogP contribution in [-0.2, 0) is 11.8 Å². The van der Waals surface area contributed by atoms with Gasteiger partial charge < -0.3 is 4.90 Å². The van der Waals surface area contributed by atoms with Crippen molar-refractivity contribution in [2.75, 3.05) is 42.5 Å². The van der Waals surface area contributed by atoms with E-state index in [1.165, 1.54) is 0 Å². The molecule has 3 aromatic heterocycles. The van der Waals surface area contributed by atoms with Crippen LogP contribution in [-0.4, -0.2) is 74.3 Å². The number of rotatable bonds is 3. The molecule has 1 atom stereocenters. The first-order valence-corrected chi connectivity index (χ1v) is 10.5. The number of hydrogen-bond donors (Lipinski definition) is 0. The summed E-state index contributed by atoms with van der Waals surface area (Å²) in [6, 6.07) is 5.90. The first-order valence-electron chi connectivity index (χ1n) is 10.5. The molecule has 1 amide bonds. The smallest absolute Gasteiger partial charge is 0.245 e. The summed E-state index contributed by atoms with van der Waals surface area (Å²) in [7, 11) is 1.90. The second-order valence-electron chi connectivity index (χ2n) is 8.01.